The minimum Gasteiger partial charge on any atom is -0.399 e. The summed E-state index contributed by atoms with van der Waals surface area (Å²) < 4.78 is 0. The summed E-state index contributed by atoms with van der Waals surface area (Å²) in [6.45, 7) is 20.1. The topological polar surface area (TPSA) is 26.0 Å². The lowest BCUT2D eigenvalue weighted by Crippen LogP contribution is -1.97. The van der Waals surface area contributed by atoms with Crippen molar-refractivity contribution in [2.45, 2.75) is 48.0 Å². The first-order chi connectivity index (χ1) is 9.33. The standard InChI is InChI=1S/C16H23N.C3H8/c1-7-9-12(3)10-13(4)14(5)11-16(8-2)15(6)17;1-3-2/h7-11H,4,6,17H2,1-3,5H3;3H2,1-2H3/b9-7-,12-10-,14-11+,16-8+;. The van der Waals surface area contributed by atoms with Crippen LogP contribution < -0.4 is 5.73 Å². The molecular weight excluding hydrogens is 242 g/mol. The molecule has 0 rings (SSSR count). The van der Waals surface area contributed by atoms with Crippen molar-refractivity contribution in [3.8, 4) is 0 Å². The van der Waals surface area contributed by atoms with E-state index in [1.807, 2.05) is 39.0 Å². The summed E-state index contributed by atoms with van der Waals surface area (Å²) in [5.41, 5.74) is 10.5. The Labute approximate surface area is 126 Å². The molecule has 0 heterocycles. The van der Waals surface area contributed by atoms with Gasteiger partial charge in [0.1, 0.15) is 0 Å². The van der Waals surface area contributed by atoms with Gasteiger partial charge in [-0.1, -0.05) is 63.3 Å². The van der Waals surface area contributed by atoms with Crippen LogP contribution >= 0.6 is 0 Å². The second kappa shape index (κ2) is 12.3. The molecular formula is C19H31N. The normalized spacial score (nSPS) is 13.0. The van der Waals surface area contributed by atoms with Crippen LogP contribution in [-0.4, -0.2) is 0 Å². The van der Waals surface area contributed by atoms with Crippen LogP contribution in [0.15, 0.2) is 71.5 Å². The van der Waals surface area contributed by atoms with E-state index in [4.69, 9.17) is 5.73 Å². The second-order valence-corrected chi connectivity index (χ2v) is 4.72. The molecule has 0 aliphatic rings. The summed E-state index contributed by atoms with van der Waals surface area (Å²) in [5, 5.41) is 0. The summed E-state index contributed by atoms with van der Waals surface area (Å²) in [4.78, 5) is 0. The van der Waals surface area contributed by atoms with Crippen molar-refractivity contribution in [3.05, 3.63) is 71.5 Å². The minimum atomic E-state index is 0.578. The Kier molecular flexibility index (Phi) is 12.6. The zero-order chi connectivity index (χ0) is 16.1. The van der Waals surface area contributed by atoms with Crippen LogP contribution in [0.1, 0.15) is 48.0 Å². The van der Waals surface area contributed by atoms with Crippen LogP contribution in [0.25, 0.3) is 0 Å². The van der Waals surface area contributed by atoms with Crippen LogP contribution in [0.4, 0.5) is 0 Å². The first-order valence-electron chi connectivity index (χ1n) is 7.13. The molecule has 0 atom stereocenters. The van der Waals surface area contributed by atoms with Gasteiger partial charge < -0.3 is 5.73 Å². The molecule has 0 fully saturated rings. The highest BCUT2D eigenvalue weighted by Gasteiger charge is 1.98. The maximum absolute atomic E-state index is 5.68. The fourth-order valence-corrected chi connectivity index (χ4v) is 1.39. The van der Waals surface area contributed by atoms with E-state index >= 15 is 0 Å². The Hall–Kier alpha value is -1.76. The van der Waals surface area contributed by atoms with Crippen molar-refractivity contribution >= 4 is 0 Å². The van der Waals surface area contributed by atoms with Crippen LogP contribution in [0, 0.1) is 0 Å². The molecule has 0 unspecified atom stereocenters. The number of rotatable bonds is 5. The summed E-state index contributed by atoms with van der Waals surface area (Å²) in [6.07, 6.45) is 11.3. The largest absolute Gasteiger partial charge is 0.399 e. The fraction of sp³-hybridized carbons (Fsp3) is 0.368. The Balaban J connectivity index is 0. The van der Waals surface area contributed by atoms with Crippen molar-refractivity contribution in [1.82, 2.24) is 0 Å². The van der Waals surface area contributed by atoms with E-state index in [0.717, 1.165) is 16.7 Å². The Bertz CT molecular complexity index is 429. The van der Waals surface area contributed by atoms with Gasteiger partial charge in [-0.25, -0.2) is 0 Å². The molecule has 2 N–H and O–H groups in total. The zero-order valence-corrected chi connectivity index (χ0v) is 14.1. The molecule has 0 aromatic rings. The van der Waals surface area contributed by atoms with Crippen molar-refractivity contribution in [2.24, 2.45) is 5.73 Å². The molecule has 0 saturated heterocycles. The van der Waals surface area contributed by atoms with Crippen LogP contribution in [0.5, 0.6) is 0 Å². The Morgan fingerprint density at radius 1 is 1.05 bits per heavy atom. The average molecular weight is 273 g/mol. The first-order valence-corrected chi connectivity index (χ1v) is 7.13. The zero-order valence-electron chi connectivity index (χ0n) is 14.1. The predicted molar refractivity (Wildman–Crippen MR) is 94.5 cm³/mol. The van der Waals surface area contributed by atoms with Gasteiger partial charge in [0, 0.05) is 5.70 Å². The molecule has 1 heteroatoms. The number of allylic oxidation sites excluding steroid dienone is 8. The van der Waals surface area contributed by atoms with Gasteiger partial charge >= 0.3 is 0 Å². The van der Waals surface area contributed by atoms with Gasteiger partial charge in [0.05, 0.1) is 0 Å². The van der Waals surface area contributed by atoms with Gasteiger partial charge in [-0.05, 0) is 50.5 Å². The van der Waals surface area contributed by atoms with Crippen LogP contribution in [-0.2, 0) is 0 Å². The third-order valence-corrected chi connectivity index (χ3v) is 2.39. The number of nitrogens with two attached hydrogens (primary N) is 1. The molecule has 20 heavy (non-hydrogen) atoms. The summed E-state index contributed by atoms with van der Waals surface area (Å²) in [7, 11) is 0. The Morgan fingerprint density at radius 3 is 1.90 bits per heavy atom. The highest BCUT2D eigenvalue weighted by Crippen LogP contribution is 2.16. The lowest BCUT2D eigenvalue weighted by Gasteiger charge is -2.05. The highest BCUT2D eigenvalue weighted by atomic mass is 14.6. The third kappa shape index (κ3) is 10.2. The van der Waals surface area contributed by atoms with Crippen molar-refractivity contribution in [2.75, 3.05) is 0 Å². The maximum Gasteiger partial charge on any atom is 0.0311 e. The van der Waals surface area contributed by atoms with E-state index in [2.05, 4.69) is 46.1 Å². The van der Waals surface area contributed by atoms with E-state index in [0.29, 0.717) is 5.70 Å². The quantitative estimate of drug-likeness (QED) is 0.625. The SMILES string of the molecule is C=C(/C=C(C)\C=C/C)/C(C)=C/C(=C\C)C(=C)N.CCC. The van der Waals surface area contributed by atoms with Crippen molar-refractivity contribution in [3.63, 3.8) is 0 Å². The van der Waals surface area contributed by atoms with Gasteiger partial charge in [0.15, 0.2) is 0 Å². The van der Waals surface area contributed by atoms with Gasteiger partial charge in [-0.15, -0.1) is 0 Å². The molecule has 0 aromatic carbocycles. The summed E-state index contributed by atoms with van der Waals surface area (Å²) >= 11 is 0. The smallest absolute Gasteiger partial charge is 0.0311 e. The monoisotopic (exact) mass is 273 g/mol. The van der Waals surface area contributed by atoms with Crippen molar-refractivity contribution < 1.29 is 0 Å². The van der Waals surface area contributed by atoms with E-state index in [1.165, 1.54) is 12.0 Å². The van der Waals surface area contributed by atoms with E-state index in [-0.39, 0.29) is 0 Å². The molecule has 0 aliphatic carbocycles. The molecule has 0 radical (unpaired) electrons. The molecule has 0 spiro atoms. The summed E-state index contributed by atoms with van der Waals surface area (Å²) in [5.74, 6) is 0. The van der Waals surface area contributed by atoms with E-state index < -0.39 is 0 Å². The minimum absolute atomic E-state index is 0.578. The molecule has 0 saturated carbocycles. The lowest BCUT2D eigenvalue weighted by molar-refractivity contribution is 1.09. The van der Waals surface area contributed by atoms with E-state index in [9.17, 15) is 0 Å². The van der Waals surface area contributed by atoms with E-state index in [1.54, 1.807) is 0 Å². The molecule has 0 aromatic heterocycles. The molecule has 0 bridgehead atoms. The maximum atomic E-state index is 5.68. The second-order valence-electron chi connectivity index (χ2n) is 4.72. The van der Waals surface area contributed by atoms with Crippen molar-refractivity contribution in [1.29, 1.82) is 0 Å². The molecule has 0 aliphatic heterocycles. The average Bonchev–Trinajstić information content (AvgIpc) is 2.36. The van der Waals surface area contributed by atoms with Gasteiger partial charge in [-0.3, -0.25) is 0 Å². The first kappa shape index (κ1) is 20.6. The third-order valence-electron chi connectivity index (χ3n) is 2.39. The van der Waals surface area contributed by atoms with Gasteiger partial charge in [0.2, 0.25) is 0 Å². The van der Waals surface area contributed by atoms with Gasteiger partial charge in [0.25, 0.3) is 0 Å². The predicted octanol–water partition coefficient (Wildman–Crippen LogP) is 5.85. The van der Waals surface area contributed by atoms with Crippen LogP contribution in [0.2, 0.25) is 0 Å². The fourth-order valence-electron chi connectivity index (χ4n) is 1.39. The summed E-state index contributed by atoms with van der Waals surface area (Å²) in [6, 6.07) is 0. The number of hydrogen-bond donors (Lipinski definition) is 1. The lowest BCUT2D eigenvalue weighted by atomic mass is 10.0. The molecule has 0 amide bonds. The Morgan fingerprint density at radius 2 is 1.55 bits per heavy atom. The molecule has 1 nitrogen and oxygen atoms in total. The van der Waals surface area contributed by atoms with Crippen LogP contribution in [0.3, 0.4) is 0 Å². The van der Waals surface area contributed by atoms with Gasteiger partial charge in [-0.2, -0.15) is 0 Å². The highest BCUT2D eigenvalue weighted by molar-refractivity contribution is 5.47. The number of hydrogen-bond acceptors (Lipinski definition) is 1. The molecule has 112 valence electrons.